The van der Waals surface area contributed by atoms with E-state index in [0.29, 0.717) is 24.4 Å². The summed E-state index contributed by atoms with van der Waals surface area (Å²) in [5.74, 6) is 0.361. The monoisotopic (exact) mass is 303 g/mol. The summed E-state index contributed by atoms with van der Waals surface area (Å²) in [7, 11) is 0. The van der Waals surface area contributed by atoms with Gasteiger partial charge in [0.15, 0.2) is 0 Å². The molecule has 7 heteroatoms. The van der Waals surface area contributed by atoms with Crippen molar-refractivity contribution in [3.63, 3.8) is 0 Å². The molecule has 1 unspecified atom stereocenters. The number of carbonyl (C=O) groups is 2. The molecule has 1 atom stereocenters. The van der Waals surface area contributed by atoms with Gasteiger partial charge >= 0.3 is 12.1 Å². The smallest absolute Gasteiger partial charge is 0.325 e. The van der Waals surface area contributed by atoms with Crippen LogP contribution in [0.15, 0.2) is 34.7 Å². The number of hydrogen-bond donors (Lipinski definition) is 3. The van der Waals surface area contributed by atoms with Gasteiger partial charge in [-0.1, -0.05) is 18.2 Å². The number of fused-ring (bicyclic) bond motifs is 1. The number of amides is 4. The quantitative estimate of drug-likeness (QED) is 0.798. The molecule has 22 heavy (non-hydrogen) atoms. The van der Waals surface area contributed by atoms with E-state index >= 15 is 0 Å². The van der Waals surface area contributed by atoms with Gasteiger partial charge in [0.2, 0.25) is 0 Å². The van der Waals surface area contributed by atoms with Crippen LogP contribution in [0.4, 0.5) is 9.59 Å². The first-order chi connectivity index (χ1) is 10.5. The molecule has 0 saturated carbocycles. The first-order valence-electron chi connectivity index (χ1n) is 7.02. The van der Waals surface area contributed by atoms with E-state index in [1.165, 1.54) is 0 Å². The Balaban J connectivity index is 1.70. The number of imide groups is 1. The second-order valence-corrected chi connectivity index (χ2v) is 5.46. The lowest BCUT2D eigenvalue weighted by Crippen LogP contribution is -2.46. The van der Waals surface area contributed by atoms with Crippen LogP contribution in [0.3, 0.4) is 0 Å². The second kappa shape index (κ2) is 5.34. The van der Waals surface area contributed by atoms with Gasteiger partial charge in [-0.25, -0.2) is 14.5 Å². The Hall–Kier alpha value is -2.54. The molecule has 116 valence electrons. The first-order valence-corrected chi connectivity index (χ1v) is 7.02. The highest BCUT2D eigenvalue weighted by atomic mass is 16.4. The minimum Gasteiger partial charge on any atom is -0.458 e. The lowest BCUT2D eigenvalue weighted by Gasteiger charge is -2.22. The minimum atomic E-state index is -1.37. The number of para-hydroxylation sites is 1. The number of benzene rings is 1. The third kappa shape index (κ3) is 2.62. The lowest BCUT2D eigenvalue weighted by atomic mass is 10.0. The van der Waals surface area contributed by atoms with Gasteiger partial charge in [-0.05, 0) is 19.1 Å². The van der Waals surface area contributed by atoms with Crippen LogP contribution in [-0.4, -0.2) is 41.7 Å². The Labute approximate surface area is 126 Å². The summed E-state index contributed by atoms with van der Waals surface area (Å²) < 4.78 is 5.62. The van der Waals surface area contributed by atoms with E-state index in [2.05, 4.69) is 10.6 Å². The predicted octanol–water partition coefficient (Wildman–Crippen LogP) is 1.38. The maximum atomic E-state index is 11.9. The summed E-state index contributed by atoms with van der Waals surface area (Å²) in [5, 5.41) is 16.5. The maximum absolute atomic E-state index is 11.9. The number of hydrogen-bond acceptors (Lipinski definition) is 4. The van der Waals surface area contributed by atoms with Crippen molar-refractivity contribution in [3.8, 4) is 0 Å². The van der Waals surface area contributed by atoms with Crippen LogP contribution in [0.25, 0.3) is 11.0 Å². The van der Waals surface area contributed by atoms with Crippen molar-refractivity contribution in [1.82, 2.24) is 15.5 Å². The molecule has 0 aliphatic carbocycles. The summed E-state index contributed by atoms with van der Waals surface area (Å²) in [6.07, 6.45) is 0. The molecule has 1 aliphatic heterocycles. The summed E-state index contributed by atoms with van der Waals surface area (Å²) in [6.45, 7) is 2.24. The molecule has 1 saturated heterocycles. The molecule has 0 bridgehead atoms. The zero-order valence-corrected chi connectivity index (χ0v) is 12.1. The van der Waals surface area contributed by atoms with Crippen LogP contribution in [0.1, 0.15) is 12.7 Å². The number of furan rings is 1. The van der Waals surface area contributed by atoms with E-state index in [4.69, 9.17) is 4.42 Å². The van der Waals surface area contributed by atoms with Gasteiger partial charge in [-0.3, -0.25) is 0 Å². The Morgan fingerprint density at radius 1 is 1.50 bits per heavy atom. The van der Waals surface area contributed by atoms with E-state index in [9.17, 15) is 14.7 Å². The number of nitrogens with zero attached hydrogens (tertiary/aromatic N) is 1. The fraction of sp³-hybridized carbons (Fsp3) is 0.333. The van der Waals surface area contributed by atoms with E-state index in [0.717, 1.165) is 10.3 Å². The third-order valence-corrected chi connectivity index (χ3v) is 3.64. The molecule has 1 aliphatic rings. The third-order valence-electron chi connectivity index (χ3n) is 3.64. The van der Waals surface area contributed by atoms with Crippen LogP contribution in [0.2, 0.25) is 0 Å². The Morgan fingerprint density at radius 2 is 2.27 bits per heavy atom. The van der Waals surface area contributed by atoms with E-state index in [-0.39, 0.29) is 6.54 Å². The van der Waals surface area contributed by atoms with Crippen molar-refractivity contribution < 1.29 is 19.1 Å². The molecule has 2 aromatic rings. The van der Waals surface area contributed by atoms with Crippen LogP contribution in [0.5, 0.6) is 0 Å². The average Bonchev–Trinajstić information content (AvgIpc) is 3.11. The molecule has 4 amide bonds. The maximum Gasteiger partial charge on any atom is 0.325 e. The number of carbonyl (C=O) groups excluding carboxylic acids is 2. The molecule has 0 spiro atoms. The Bertz CT molecular complexity index is 689. The van der Waals surface area contributed by atoms with Crippen LogP contribution >= 0.6 is 0 Å². The average molecular weight is 303 g/mol. The van der Waals surface area contributed by atoms with Gasteiger partial charge in [0.1, 0.15) is 16.9 Å². The van der Waals surface area contributed by atoms with E-state index in [1.54, 1.807) is 13.0 Å². The molecule has 2 heterocycles. The van der Waals surface area contributed by atoms with Crippen molar-refractivity contribution in [2.75, 3.05) is 19.6 Å². The molecule has 3 N–H and O–H groups in total. The van der Waals surface area contributed by atoms with Gasteiger partial charge in [0.05, 0.1) is 6.54 Å². The van der Waals surface area contributed by atoms with Gasteiger partial charge < -0.3 is 20.2 Å². The number of aliphatic hydroxyl groups is 1. The molecule has 1 fully saturated rings. The summed E-state index contributed by atoms with van der Waals surface area (Å²) in [5.41, 5.74) is -0.701. The highest BCUT2D eigenvalue weighted by Gasteiger charge is 2.31. The van der Waals surface area contributed by atoms with E-state index < -0.39 is 17.7 Å². The molecular weight excluding hydrogens is 286 g/mol. The van der Waals surface area contributed by atoms with Crippen molar-refractivity contribution in [2.24, 2.45) is 0 Å². The second-order valence-electron chi connectivity index (χ2n) is 5.46. The zero-order chi connectivity index (χ0) is 15.7. The highest BCUT2D eigenvalue weighted by molar-refractivity contribution is 5.94. The SMILES string of the molecule is CC(O)(CNC(=O)N1CCNC1=O)c1cc2ccccc2o1. The van der Waals surface area contributed by atoms with Crippen molar-refractivity contribution >= 4 is 23.0 Å². The summed E-state index contributed by atoms with van der Waals surface area (Å²) in [6, 6.07) is 8.19. The molecule has 7 nitrogen and oxygen atoms in total. The summed E-state index contributed by atoms with van der Waals surface area (Å²) in [4.78, 5) is 24.4. The Morgan fingerprint density at radius 3 is 2.95 bits per heavy atom. The predicted molar refractivity (Wildman–Crippen MR) is 79.3 cm³/mol. The molecule has 1 aromatic carbocycles. The molecule has 0 radical (unpaired) electrons. The van der Waals surface area contributed by atoms with E-state index in [1.807, 2.05) is 24.3 Å². The van der Waals surface area contributed by atoms with Crippen molar-refractivity contribution in [1.29, 1.82) is 0 Å². The zero-order valence-electron chi connectivity index (χ0n) is 12.1. The van der Waals surface area contributed by atoms with Gasteiger partial charge in [0, 0.05) is 18.5 Å². The van der Waals surface area contributed by atoms with Gasteiger partial charge in [-0.15, -0.1) is 0 Å². The van der Waals surface area contributed by atoms with Crippen LogP contribution < -0.4 is 10.6 Å². The number of rotatable bonds is 3. The largest absolute Gasteiger partial charge is 0.458 e. The minimum absolute atomic E-state index is 0.0601. The van der Waals surface area contributed by atoms with Gasteiger partial charge in [0.25, 0.3) is 0 Å². The fourth-order valence-corrected chi connectivity index (χ4v) is 2.34. The summed E-state index contributed by atoms with van der Waals surface area (Å²) >= 11 is 0. The highest BCUT2D eigenvalue weighted by Crippen LogP contribution is 2.27. The standard InChI is InChI=1S/C15H17N3O4/c1-15(21,9-17-14(20)18-7-6-16-13(18)19)12-8-10-4-2-3-5-11(10)22-12/h2-5,8,21H,6-7,9H2,1H3,(H,16,19)(H,17,20). The first kappa shape index (κ1) is 14.4. The fourth-order valence-electron chi connectivity index (χ4n) is 2.34. The molecule has 3 rings (SSSR count). The normalized spacial score (nSPS) is 17.4. The topological polar surface area (TPSA) is 94.8 Å². The molecular formula is C15H17N3O4. The van der Waals surface area contributed by atoms with Crippen molar-refractivity contribution in [3.05, 3.63) is 36.1 Å². The number of urea groups is 2. The van der Waals surface area contributed by atoms with Crippen LogP contribution in [-0.2, 0) is 5.60 Å². The Kier molecular flexibility index (Phi) is 3.50. The van der Waals surface area contributed by atoms with Gasteiger partial charge in [-0.2, -0.15) is 0 Å². The van der Waals surface area contributed by atoms with Crippen molar-refractivity contribution in [2.45, 2.75) is 12.5 Å². The lowest BCUT2D eigenvalue weighted by molar-refractivity contribution is 0.0374. The molecule has 1 aromatic heterocycles. The van der Waals surface area contributed by atoms with Crippen LogP contribution in [0, 0.1) is 0 Å². The number of nitrogens with one attached hydrogen (secondary N) is 2.